The molecule has 1 saturated heterocycles. The molecule has 0 radical (unpaired) electrons. The van der Waals surface area contributed by atoms with Gasteiger partial charge in [0.1, 0.15) is 11.7 Å². The third-order valence-electron chi connectivity index (χ3n) is 3.22. The van der Waals surface area contributed by atoms with Gasteiger partial charge in [0.15, 0.2) is 11.6 Å². The third-order valence-corrected chi connectivity index (χ3v) is 3.22. The van der Waals surface area contributed by atoms with Crippen molar-refractivity contribution in [3.63, 3.8) is 0 Å². The van der Waals surface area contributed by atoms with Crippen molar-refractivity contribution >= 4 is 11.8 Å². The molecule has 1 heterocycles. The highest BCUT2D eigenvalue weighted by Gasteiger charge is 2.31. The maximum absolute atomic E-state index is 13.7. The zero-order chi connectivity index (χ0) is 17.2. The minimum Gasteiger partial charge on any atom is -0.485 e. The average molecular weight is 326 g/mol. The lowest BCUT2D eigenvalue weighted by Gasteiger charge is -2.24. The molecule has 8 heteroatoms. The van der Waals surface area contributed by atoms with Gasteiger partial charge in [0.05, 0.1) is 17.5 Å². The first-order valence-corrected chi connectivity index (χ1v) is 7.24. The van der Waals surface area contributed by atoms with E-state index in [4.69, 9.17) is 9.47 Å². The molecule has 1 aromatic rings. The molecule has 0 aromatic heterocycles. The Hall–Kier alpha value is -2.38. The van der Waals surface area contributed by atoms with Gasteiger partial charge in [0, 0.05) is 19.0 Å². The lowest BCUT2D eigenvalue weighted by molar-refractivity contribution is -0.385. The largest absolute Gasteiger partial charge is 0.485 e. The summed E-state index contributed by atoms with van der Waals surface area (Å²) in [5, 5.41) is 10.7. The number of ether oxygens (including phenoxy) is 2. The number of likely N-dealkylation sites (tertiary alicyclic amines) is 1. The van der Waals surface area contributed by atoms with Crippen LogP contribution in [0, 0.1) is 15.9 Å². The van der Waals surface area contributed by atoms with E-state index >= 15 is 0 Å². The van der Waals surface area contributed by atoms with Gasteiger partial charge in [0.25, 0.3) is 5.69 Å². The van der Waals surface area contributed by atoms with Gasteiger partial charge in [0.2, 0.25) is 0 Å². The van der Waals surface area contributed by atoms with Gasteiger partial charge in [-0.15, -0.1) is 0 Å². The lowest BCUT2D eigenvalue weighted by Crippen LogP contribution is -2.36. The van der Waals surface area contributed by atoms with Crippen molar-refractivity contribution in [1.29, 1.82) is 0 Å². The summed E-state index contributed by atoms with van der Waals surface area (Å²) in [6.07, 6.45) is -0.386. The topological polar surface area (TPSA) is 81.9 Å². The van der Waals surface area contributed by atoms with Crippen molar-refractivity contribution in [3.05, 3.63) is 34.1 Å². The molecule has 1 amide bonds. The minimum atomic E-state index is -0.675. The highest BCUT2D eigenvalue weighted by Crippen LogP contribution is 2.26. The van der Waals surface area contributed by atoms with Crippen molar-refractivity contribution in [2.75, 3.05) is 13.1 Å². The number of rotatable bonds is 3. The Balaban J connectivity index is 1.99. The second-order valence-electron chi connectivity index (χ2n) is 6.33. The number of halogens is 1. The summed E-state index contributed by atoms with van der Waals surface area (Å²) in [7, 11) is 0. The van der Waals surface area contributed by atoms with Crippen LogP contribution in [0.4, 0.5) is 14.9 Å². The number of carbonyl (C=O) groups excluding carboxylic acids is 1. The lowest BCUT2D eigenvalue weighted by atomic mass is 10.2. The predicted molar refractivity (Wildman–Crippen MR) is 79.9 cm³/mol. The van der Waals surface area contributed by atoms with Crippen LogP contribution < -0.4 is 4.74 Å². The first-order chi connectivity index (χ1) is 10.7. The standard InChI is InChI=1S/C15H19FN2O5/c1-15(2,3)23-14(19)17-7-6-11(9-17)22-13-8-10(18(20)21)4-5-12(13)16/h4-5,8,11H,6-7,9H2,1-3H3/t11-/m0/s1. The third kappa shape index (κ3) is 4.54. The molecular formula is C15H19FN2O5. The second-order valence-corrected chi connectivity index (χ2v) is 6.33. The Morgan fingerprint density at radius 1 is 1.43 bits per heavy atom. The fraction of sp³-hybridized carbons (Fsp3) is 0.533. The van der Waals surface area contributed by atoms with E-state index in [1.807, 2.05) is 0 Å². The summed E-state index contributed by atoms with van der Waals surface area (Å²) in [6, 6.07) is 3.11. The maximum atomic E-state index is 13.7. The summed E-state index contributed by atoms with van der Waals surface area (Å²) >= 11 is 0. The van der Waals surface area contributed by atoms with E-state index in [2.05, 4.69) is 0 Å². The van der Waals surface area contributed by atoms with Gasteiger partial charge in [-0.3, -0.25) is 10.1 Å². The molecule has 1 aliphatic heterocycles. The van der Waals surface area contributed by atoms with Crippen LogP contribution in [0.3, 0.4) is 0 Å². The number of hydrogen-bond acceptors (Lipinski definition) is 5. The van der Waals surface area contributed by atoms with Gasteiger partial charge in [-0.2, -0.15) is 0 Å². The summed E-state index contributed by atoms with van der Waals surface area (Å²) in [5.74, 6) is -0.860. The first kappa shape index (κ1) is 17.0. The monoisotopic (exact) mass is 326 g/mol. The Bertz CT molecular complexity index is 614. The number of benzene rings is 1. The van der Waals surface area contributed by atoms with E-state index in [1.165, 1.54) is 4.90 Å². The van der Waals surface area contributed by atoms with Gasteiger partial charge in [-0.25, -0.2) is 9.18 Å². The number of non-ortho nitro benzene ring substituents is 1. The van der Waals surface area contributed by atoms with Crippen LogP contribution in [-0.2, 0) is 4.74 Å². The van der Waals surface area contributed by atoms with Gasteiger partial charge >= 0.3 is 6.09 Å². The molecular weight excluding hydrogens is 307 g/mol. The van der Waals surface area contributed by atoms with Gasteiger partial charge in [-0.05, 0) is 26.8 Å². The summed E-state index contributed by atoms with van der Waals surface area (Å²) in [5.41, 5.74) is -0.842. The van der Waals surface area contributed by atoms with Gasteiger partial charge in [-0.1, -0.05) is 0 Å². The second kappa shape index (κ2) is 6.39. The molecule has 2 rings (SSSR count). The van der Waals surface area contributed by atoms with E-state index in [9.17, 15) is 19.3 Å². The van der Waals surface area contributed by atoms with Crippen molar-refractivity contribution in [2.24, 2.45) is 0 Å². The Morgan fingerprint density at radius 3 is 2.74 bits per heavy atom. The number of amides is 1. The van der Waals surface area contributed by atoms with Crippen LogP contribution in [0.2, 0.25) is 0 Å². The molecule has 0 N–H and O–H groups in total. The average Bonchev–Trinajstić information content (AvgIpc) is 2.88. The van der Waals surface area contributed by atoms with E-state index in [1.54, 1.807) is 20.8 Å². The van der Waals surface area contributed by atoms with Crippen LogP contribution in [0.1, 0.15) is 27.2 Å². The fourth-order valence-corrected chi connectivity index (χ4v) is 2.19. The summed E-state index contributed by atoms with van der Waals surface area (Å²) in [4.78, 5) is 23.5. The molecule has 126 valence electrons. The summed E-state index contributed by atoms with van der Waals surface area (Å²) in [6.45, 7) is 5.99. The van der Waals surface area contributed by atoms with Crippen molar-refractivity contribution in [3.8, 4) is 5.75 Å². The molecule has 1 fully saturated rings. The zero-order valence-electron chi connectivity index (χ0n) is 13.2. The molecule has 0 bridgehead atoms. The van der Waals surface area contributed by atoms with E-state index in [0.717, 1.165) is 18.2 Å². The quantitative estimate of drug-likeness (QED) is 0.629. The van der Waals surface area contributed by atoms with Crippen LogP contribution in [0.5, 0.6) is 5.75 Å². The Morgan fingerprint density at radius 2 is 2.13 bits per heavy atom. The molecule has 1 atom stereocenters. The minimum absolute atomic E-state index is 0.185. The predicted octanol–water partition coefficient (Wildman–Crippen LogP) is 3.12. The van der Waals surface area contributed by atoms with Crippen LogP contribution >= 0.6 is 0 Å². The Labute approximate surface area is 133 Å². The van der Waals surface area contributed by atoms with Crippen molar-refractivity contribution in [1.82, 2.24) is 4.90 Å². The van der Waals surface area contributed by atoms with Crippen LogP contribution in [0.15, 0.2) is 18.2 Å². The fourth-order valence-electron chi connectivity index (χ4n) is 2.19. The van der Waals surface area contributed by atoms with Gasteiger partial charge < -0.3 is 14.4 Å². The molecule has 23 heavy (non-hydrogen) atoms. The summed E-state index contributed by atoms with van der Waals surface area (Å²) < 4.78 is 24.5. The highest BCUT2D eigenvalue weighted by atomic mass is 19.1. The molecule has 1 aliphatic rings. The van der Waals surface area contributed by atoms with E-state index in [-0.39, 0.29) is 18.0 Å². The van der Waals surface area contributed by atoms with E-state index in [0.29, 0.717) is 13.0 Å². The molecule has 7 nitrogen and oxygen atoms in total. The van der Waals surface area contributed by atoms with Crippen LogP contribution in [0.25, 0.3) is 0 Å². The number of nitrogens with zero attached hydrogens (tertiary/aromatic N) is 2. The molecule has 1 aromatic carbocycles. The zero-order valence-corrected chi connectivity index (χ0v) is 13.2. The normalized spacial score (nSPS) is 17.9. The first-order valence-electron chi connectivity index (χ1n) is 7.24. The number of nitro groups is 1. The van der Waals surface area contributed by atoms with Crippen molar-refractivity contribution in [2.45, 2.75) is 38.9 Å². The highest BCUT2D eigenvalue weighted by molar-refractivity contribution is 5.68. The molecule has 0 saturated carbocycles. The number of hydrogen-bond donors (Lipinski definition) is 0. The molecule has 0 unspecified atom stereocenters. The van der Waals surface area contributed by atoms with Crippen LogP contribution in [-0.4, -0.2) is 40.7 Å². The number of carbonyl (C=O) groups is 1. The molecule has 0 aliphatic carbocycles. The SMILES string of the molecule is CC(C)(C)OC(=O)N1CC[C@H](Oc2cc([N+](=O)[O-])ccc2F)C1. The maximum Gasteiger partial charge on any atom is 0.410 e. The number of nitro benzene ring substituents is 1. The van der Waals surface area contributed by atoms with E-state index < -0.39 is 28.5 Å². The smallest absolute Gasteiger partial charge is 0.410 e. The Kier molecular flexibility index (Phi) is 4.72. The van der Waals surface area contributed by atoms with Crippen molar-refractivity contribution < 1.29 is 23.6 Å². The molecule has 0 spiro atoms.